The van der Waals surface area contributed by atoms with E-state index in [9.17, 15) is 8.42 Å². The molecule has 1 aliphatic rings. The van der Waals surface area contributed by atoms with Gasteiger partial charge in [-0.05, 0) is 43.6 Å². The molecule has 0 spiro atoms. The lowest BCUT2D eigenvalue weighted by Crippen LogP contribution is -2.42. The number of sulfonamides is 1. The van der Waals surface area contributed by atoms with Gasteiger partial charge in [0.15, 0.2) is 0 Å². The lowest BCUT2D eigenvalue weighted by Gasteiger charge is -2.27. The van der Waals surface area contributed by atoms with Gasteiger partial charge in [0.2, 0.25) is 10.0 Å². The molecule has 4 nitrogen and oxygen atoms in total. The van der Waals surface area contributed by atoms with Crippen molar-refractivity contribution >= 4 is 26.0 Å². The van der Waals surface area contributed by atoms with Crippen LogP contribution in [0, 0.1) is 0 Å². The molecule has 1 fully saturated rings. The van der Waals surface area contributed by atoms with Crippen LogP contribution >= 0.6 is 15.9 Å². The van der Waals surface area contributed by atoms with E-state index in [-0.39, 0.29) is 5.25 Å². The molecule has 1 heterocycles. The Morgan fingerprint density at radius 1 is 1.37 bits per heavy atom. The van der Waals surface area contributed by atoms with Gasteiger partial charge in [-0.15, -0.1) is 0 Å². The van der Waals surface area contributed by atoms with Gasteiger partial charge in [-0.25, -0.2) is 12.7 Å². The maximum atomic E-state index is 12.5. The number of halogens is 1. The zero-order chi connectivity index (χ0) is 13.9. The van der Waals surface area contributed by atoms with Crippen molar-refractivity contribution in [1.82, 2.24) is 9.62 Å². The van der Waals surface area contributed by atoms with E-state index >= 15 is 0 Å². The van der Waals surface area contributed by atoms with E-state index in [0.29, 0.717) is 19.4 Å². The number of nitrogens with zero attached hydrogens (tertiary/aromatic N) is 1. The van der Waals surface area contributed by atoms with Crippen LogP contribution in [0.15, 0.2) is 28.7 Å². The highest BCUT2D eigenvalue weighted by Gasteiger charge is 2.30. The predicted molar refractivity (Wildman–Crippen MR) is 80.4 cm³/mol. The van der Waals surface area contributed by atoms with Crippen molar-refractivity contribution in [3.8, 4) is 0 Å². The molecule has 0 aromatic heterocycles. The van der Waals surface area contributed by atoms with Crippen LogP contribution in [0.25, 0.3) is 0 Å². The molecule has 0 bridgehead atoms. The Morgan fingerprint density at radius 3 is 2.68 bits per heavy atom. The largest absolute Gasteiger partial charge is 0.317 e. The molecule has 0 aliphatic carbocycles. The van der Waals surface area contributed by atoms with Gasteiger partial charge in [0.25, 0.3) is 0 Å². The summed E-state index contributed by atoms with van der Waals surface area (Å²) in [4.78, 5) is 0. The Kier molecular flexibility index (Phi) is 5.00. The molecule has 2 rings (SSSR count). The second-order valence-corrected chi connectivity index (χ2v) is 8.12. The van der Waals surface area contributed by atoms with Gasteiger partial charge in [0.05, 0.1) is 5.25 Å². The summed E-state index contributed by atoms with van der Waals surface area (Å²) in [6, 6.07) is 7.75. The first-order valence-corrected chi connectivity index (χ1v) is 8.70. The first kappa shape index (κ1) is 15.0. The highest BCUT2D eigenvalue weighted by Crippen LogP contribution is 2.20. The molecule has 0 unspecified atom stereocenters. The van der Waals surface area contributed by atoms with E-state index in [4.69, 9.17) is 0 Å². The standard InChI is InChI=1S/C13H19BrN2O2S/c1-16(10-11-3-2-4-12(14)9-11)19(17,18)13-5-7-15-8-6-13/h2-4,9,13,15H,5-8,10H2,1H3. The monoisotopic (exact) mass is 346 g/mol. The summed E-state index contributed by atoms with van der Waals surface area (Å²) in [7, 11) is -1.53. The van der Waals surface area contributed by atoms with Gasteiger partial charge >= 0.3 is 0 Å². The van der Waals surface area contributed by atoms with E-state index in [1.54, 1.807) is 7.05 Å². The smallest absolute Gasteiger partial charge is 0.217 e. The Morgan fingerprint density at radius 2 is 2.05 bits per heavy atom. The van der Waals surface area contributed by atoms with Crippen LogP contribution in [0.4, 0.5) is 0 Å². The molecular weight excluding hydrogens is 328 g/mol. The van der Waals surface area contributed by atoms with E-state index in [2.05, 4.69) is 21.2 Å². The number of nitrogens with one attached hydrogen (secondary N) is 1. The van der Waals surface area contributed by atoms with Gasteiger partial charge in [0, 0.05) is 18.1 Å². The van der Waals surface area contributed by atoms with Gasteiger partial charge in [-0.3, -0.25) is 0 Å². The SMILES string of the molecule is CN(Cc1cccc(Br)c1)S(=O)(=O)C1CCNCC1. The summed E-state index contributed by atoms with van der Waals surface area (Å²) in [5, 5.41) is 2.95. The van der Waals surface area contributed by atoms with Crippen LogP contribution in [-0.2, 0) is 16.6 Å². The molecule has 6 heteroatoms. The maximum Gasteiger partial charge on any atom is 0.217 e. The van der Waals surface area contributed by atoms with Crippen molar-refractivity contribution < 1.29 is 8.42 Å². The fourth-order valence-corrected chi connectivity index (χ4v) is 4.45. The van der Waals surface area contributed by atoms with Crippen molar-refractivity contribution in [3.05, 3.63) is 34.3 Å². The molecule has 106 valence electrons. The number of rotatable bonds is 4. The van der Waals surface area contributed by atoms with Crippen molar-refractivity contribution in [2.45, 2.75) is 24.6 Å². The lowest BCUT2D eigenvalue weighted by molar-refractivity contribution is 0.428. The summed E-state index contributed by atoms with van der Waals surface area (Å²) in [6.45, 7) is 1.99. The Balaban J connectivity index is 2.07. The minimum atomic E-state index is -3.20. The molecule has 19 heavy (non-hydrogen) atoms. The van der Waals surface area contributed by atoms with E-state index < -0.39 is 10.0 Å². The van der Waals surface area contributed by atoms with Crippen molar-refractivity contribution in [1.29, 1.82) is 0 Å². The maximum absolute atomic E-state index is 12.5. The summed E-state index contributed by atoms with van der Waals surface area (Å²) >= 11 is 3.40. The third-order valence-electron chi connectivity index (χ3n) is 3.44. The molecule has 1 aromatic carbocycles. The highest BCUT2D eigenvalue weighted by molar-refractivity contribution is 9.10. The zero-order valence-corrected chi connectivity index (χ0v) is 13.4. The van der Waals surface area contributed by atoms with Gasteiger partial charge in [0.1, 0.15) is 0 Å². The van der Waals surface area contributed by atoms with Crippen molar-refractivity contribution in [3.63, 3.8) is 0 Å². The number of piperidine rings is 1. The quantitative estimate of drug-likeness (QED) is 0.906. The topological polar surface area (TPSA) is 49.4 Å². The van der Waals surface area contributed by atoms with E-state index in [1.807, 2.05) is 24.3 Å². The van der Waals surface area contributed by atoms with Crippen LogP contribution in [0.1, 0.15) is 18.4 Å². The molecule has 0 radical (unpaired) electrons. The summed E-state index contributed by atoms with van der Waals surface area (Å²) in [5.74, 6) is 0. The van der Waals surface area contributed by atoms with Gasteiger partial charge in [-0.2, -0.15) is 0 Å². The molecule has 0 amide bonds. The molecule has 1 N–H and O–H groups in total. The lowest BCUT2D eigenvalue weighted by atomic mass is 10.2. The fourth-order valence-electron chi connectivity index (χ4n) is 2.33. The average molecular weight is 347 g/mol. The van der Waals surface area contributed by atoms with E-state index in [1.165, 1.54) is 4.31 Å². The molecule has 0 saturated carbocycles. The van der Waals surface area contributed by atoms with Crippen LogP contribution < -0.4 is 5.32 Å². The second-order valence-electron chi connectivity index (χ2n) is 4.88. The Bertz CT molecular complexity index is 527. The minimum Gasteiger partial charge on any atom is -0.317 e. The Labute approximate surface area is 123 Å². The molecule has 0 atom stereocenters. The number of benzene rings is 1. The van der Waals surface area contributed by atoms with Gasteiger partial charge < -0.3 is 5.32 Å². The molecule has 1 aromatic rings. The van der Waals surface area contributed by atoms with Gasteiger partial charge in [-0.1, -0.05) is 28.1 Å². The summed E-state index contributed by atoms with van der Waals surface area (Å²) in [5.41, 5.74) is 0.995. The van der Waals surface area contributed by atoms with Crippen molar-refractivity contribution in [2.24, 2.45) is 0 Å². The zero-order valence-electron chi connectivity index (χ0n) is 11.0. The normalized spacial score (nSPS) is 17.8. The second kappa shape index (κ2) is 6.35. The number of hydrogen-bond acceptors (Lipinski definition) is 3. The van der Waals surface area contributed by atoms with Crippen LogP contribution in [0.2, 0.25) is 0 Å². The number of hydrogen-bond donors (Lipinski definition) is 1. The minimum absolute atomic E-state index is 0.245. The summed E-state index contributed by atoms with van der Waals surface area (Å²) in [6.07, 6.45) is 1.40. The molecule has 1 saturated heterocycles. The van der Waals surface area contributed by atoms with E-state index in [0.717, 1.165) is 23.1 Å². The first-order valence-electron chi connectivity index (χ1n) is 6.40. The van der Waals surface area contributed by atoms with Crippen molar-refractivity contribution in [2.75, 3.05) is 20.1 Å². The molecule has 1 aliphatic heterocycles. The third kappa shape index (κ3) is 3.78. The third-order valence-corrected chi connectivity index (χ3v) is 6.24. The fraction of sp³-hybridized carbons (Fsp3) is 0.538. The molecular formula is C13H19BrN2O2S. The van der Waals surface area contributed by atoms with Crippen LogP contribution in [0.5, 0.6) is 0 Å². The predicted octanol–water partition coefficient (Wildman–Crippen LogP) is 1.96. The first-order chi connectivity index (χ1) is 9.00. The Hall–Kier alpha value is -0.430. The van der Waals surface area contributed by atoms with Crippen LogP contribution in [0.3, 0.4) is 0 Å². The average Bonchev–Trinajstić information content (AvgIpc) is 2.39. The summed E-state index contributed by atoms with van der Waals surface area (Å²) < 4.78 is 27.4. The highest BCUT2D eigenvalue weighted by atomic mass is 79.9. The van der Waals surface area contributed by atoms with Crippen LogP contribution in [-0.4, -0.2) is 38.1 Å².